The van der Waals surface area contributed by atoms with E-state index < -0.39 is 47.7 Å². The number of amides is 3. The van der Waals surface area contributed by atoms with Crippen LogP contribution in [0.1, 0.15) is 46.1 Å². The number of nitrogens with one attached hydrogen (secondary N) is 3. The standard InChI is InChI=1S/C26H36N4O7/c1-15(31)21(24(34)35)29-22(32)16-9-11-30(12-10-16)23(33)20(28-25(36)37-26(2,3)4)13-17-14-27-19-8-6-5-7-18(17)19/h5-8,14-16,20-21,27,31H,9-13H2,1-4H3,(H,28,36)(H,29,32)(H,34,35)/t15-,20+,21+/m1/s1. The van der Waals surface area contributed by atoms with Crippen molar-refractivity contribution in [1.82, 2.24) is 20.5 Å². The first kappa shape index (κ1) is 28.0. The van der Waals surface area contributed by atoms with Crippen molar-refractivity contribution < 1.29 is 34.1 Å². The van der Waals surface area contributed by atoms with Gasteiger partial charge in [-0.3, -0.25) is 9.59 Å². The number of rotatable bonds is 8. The minimum absolute atomic E-state index is 0.247. The van der Waals surface area contributed by atoms with E-state index in [0.29, 0.717) is 12.8 Å². The molecule has 0 unspecified atom stereocenters. The molecule has 11 nitrogen and oxygen atoms in total. The third-order valence-electron chi connectivity index (χ3n) is 6.31. The number of ether oxygens (including phenoxy) is 1. The van der Waals surface area contributed by atoms with Gasteiger partial charge in [-0.25, -0.2) is 9.59 Å². The summed E-state index contributed by atoms with van der Waals surface area (Å²) in [6.45, 7) is 7.06. The molecule has 0 radical (unpaired) electrons. The molecule has 0 saturated carbocycles. The second kappa shape index (κ2) is 11.6. The van der Waals surface area contributed by atoms with Crippen LogP contribution in [0.5, 0.6) is 0 Å². The lowest BCUT2D eigenvalue weighted by atomic mass is 9.94. The molecular formula is C26H36N4O7. The van der Waals surface area contributed by atoms with Crippen molar-refractivity contribution in [2.24, 2.45) is 5.92 Å². The van der Waals surface area contributed by atoms with Crippen LogP contribution in [0.15, 0.2) is 30.5 Å². The van der Waals surface area contributed by atoms with Gasteiger partial charge in [0.25, 0.3) is 0 Å². The lowest BCUT2D eigenvalue weighted by Gasteiger charge is -2.34. The van der Waals surface area contributed by atoms with Crippen LogP contribution in [-0.4, -0.2) is 80.9 Å². The molecule has 2 aromatic rings. The number of hydrogen-bond acceptors (Lipinski definition) is 6. The van der Waals surface area contributed by atoms with Crippen LogP contribution in [0.3, 0.4) is 0 Å². The highest BCUT2D eigenvalue weighted by atomic mass is 16.6. The number of aliphatic hydroxyl groups is 1. The summed E-state index contributed by atoms with van der Waals surface area (Å²) in [5.41, 5.74) is 1.06. The molecule has 3 amide bonds. The van der Waals surface area contributed by atoms with E-state index in [2.05, 4.69) is 15.6 Å². The number of hydrogen-bond donors (Lipinski definition) is 5. The monoisotopic (exact) mass is 516 g/mol. The Balaban J connectivity index is 1.69. The van der Waals surface area contributed by atoms with Crippen molar-refractivity contribution in [3.8, 4) is 0 Å². The summed E-state index contributed by atoms with van der Waals surface area (Å²) in [6, 6.07) is 5.40. The number of aromatic amines is 1. The van der Waals surface area contributed by atoms with Gasteiger partial charge >= 0.3 is 12.1 Å². The average Bonchev–Trinajstić information content (AvgIpc) is 3.23. The van der Waals surface area contributed by atoms with Gasteiger partial charge in [0.05, 0.1) is 6.10 Å². The predicted molar refractivity (Wildman–Crippen MR) is 136 cm³/mol. The summed E-state index contributed by atoms with van der Waals surface area (Å²) >= 11 is 0. The Morgan fingerprint density at radius 1 is 1.14 bits per heavy atom. The molecule has 1 aromatic heterocycles. The largest absolute Gasteiger partial charge is 0.480 e. The Bertz CT molecular complexity index is 1130. The lowest BCUT2D eigenvalue weighted by molar-refractivity contribution is -0.146. The van der Waals surface area contributed by atoms with Crippen molar-refractivity contribution in [2.75, 3.05) is 13.1 Å². The molecule has 0 spiro atoms. The Morgan fingerprint density at radius 3 is 2.38 bits per heavy atom. The smallest absolute Gasteiger partial charge is 0.408 e. The normalized spacial score (nSPS) is 17.1. The number of fused-ring (bicyclic) bond motifs is 1. The molecular weight excluding hydrogens is 480 g/mol. The molecule has 5 N–H and O–H groups in total. The number of aliphatic carboxylic acids is 1. The Labute approximate surface area is 215 Å². The summed E-state index contributed by atoms with van der Waals surface area (Å²) in [7, 11) is 0. The number of benzene rings is 1. The van der Waals surface area contributed by atoms with Gasteiger partial charge in [-0.1, -0.05) is 18.2 Å². The molecule has 0 bridgehead atoms. The first-order valence-electron chi connectivity index (χ1n) is 12.4. The summed E-state index contributed by atoms with van der Waals surface area (Å²) in [4.78, 5) is 54.7. The Kier molecular flexibility index (Phi) is 8.80. The fourth-order valence-electron chi connectivity index (χ4n) is 4.41. The van der Waals surface area contributed by atoms with Crippen molar-refractivity contribution in [3.05, 3.63) is 36.0 Å². The zero-order valence-electron chi connectivity index (χ0n) is 21.6. The summed E-state index contributed by atoms with van der Waals surface area (Å²) in [5.74, 6) is -2.56. The average molecular weight is 517 g/mol. The van der Waals surface area contributed by atoms with Gasteiger partial charge in [-0.2, -0.15) is 0 Å². The van der Waals surface area contributed by atoms with Gasteiger partial charge in [0.15, 0.2) is 6.04 Å². The van der Waals surface area contributed by atoms with Gasteiger partial charge in [-0.15, -0.1) is 0 Å². The highest BCUT2D eigenvalue weighted by Gasteiger charge is 2.34. The van der Waals surface area contributed by atoms with E-state index in [4.69, 9.17) is 4.74 Å². The molecule has 37 heavy (non-hydrogen) atoms. The third kappa shape index (κ3) is 7.45. The van der Waals surface area contributed by atoms with Crippen molar-refractivity contribution in [2.45, 2.75) is 70.7 Å². The van der Waals surface area contributed by atoms with E-state index in [1.807, 2.05) is 30.5 Å². The van der Waals surface area contributed by atoms with Crippen molar-refractivity contribution in [1.29, 1.82) is 0 Å². The maximum atomic E-state index is 13.5. The number of piperidine rings is 1. The molecule has 2 heterocycles. The number of H-pyrrole nitrogens is 1. The van der Waals surface area contributed by atoms with Crippen LogP contribution < -0.4 is 10.6 Å². The minimum atomic E-state index is -1.40. The predicted octanol–water partition coefficient (Wildman–Crippen LogP) is 1.79. The zero-order chi connectivity index (χ0) is 27.3. The minimum Gasteiger partial charge on any atom is -0.480 e. The molecule has 202 valence electrons. The van der Waals surface area contributed by atoms with Crippen LogP contribution in [-0.2, 0) is 25.5 Å². The van der Waals surface area contributed by atoms with Gasteiger partial charge in [0.1, 0.15) is 11.6 Å². The number of likely N-dealkylation sites (tertiary alicyclic amines) is 1. The molecule has 1 aliphatic heterocycles. The molecule has 11 heteroatoms. The number of aromatic nitrogens is 1. The maximum Gasteiger partial charge on any atom is 0.408 e. The van der Waals surface area contributed by atoms with Crippen LogP contribution in [0.25, 0.3) is 10.9 Å². The quantitative estimate of drug-likeness (QED) is 0.357. The summed E-state index contributed by atoms with van der Waals surface area (Å²) < 4.78 is 5.39. The van der Waals surface area contributed by atoms with E-state index >= 15 is 0 Å². The first-order valence-corrected chi connectivity index (χ1v) is 12.4. The Hall–Kier alpha value is -3.60. The maximum absolute atomic E-state index is 13.5. The van der Waals surface area contributed by atoms with E-state index in [0.717, 1.165) is 16.5 Å². The van der Waals surface area contributed by atoms with Gasteiger partial charge in [0.2, 0.25) is 11.8 Å². The fourth-order valence-corrected chi connectivity index (χ4v) is 4.41. The second-order valence-electron chi connectivity index (χ2n) is 10.4. The number of carbonyl (C=O) groups excluding carboxylic acids is 3. The number of carbonyl (C=O) groups is 4. The highest BCUT2D eigenvalue weighted by molar-refractivity contribution is 5.89. The molecule has 1 aromatic carbocycles. The van der Waals surface area contributed by atoms with Gasteiger partial charge < -0.3 is 35.5 Å². The van der Waals surface area contributed by atoms with E-state index in [9.17, 15) is 29.4 Å². The lowest BCUT2D eigenvalue weighted by Crippen LogP contribution is -2.54. The number of aliphatic hydroxyl groups excluding tert-OH is 1. The Morgan fingerprint density at radius 2 is 1.78 bits per heavy atom. The number of carboxylic acid groups (broad SMARTS) is 1. The number of carboxylic acids is 1. The first-order chi connectivity index (χ1) is 17.4. The molecule has 3 rings (SSSR count). The number of alkyl carbamates (subject to hydrolysis) is 1. The molecule has 3 atom stereocenters. The van der Waals surface area contributed by atoms with Crippen LogP contribution in [0.2, 0.25) is 0 Å². The SMILES string of the molecule is C[C@@H](O)[C@H](NC(=O)C1CCN(C(=O)[C@H](Cc2c[nH]c3ccccc23)NC(=O)OC(C)(C)C)CC1)C(=O)O. The fraction of sp³-hybridized carbons (Fsp3) is 0.538. The highest BCUT2D eigenvalue weighted by Crippen LogP contribution is 2.22. The van der Waals surface area contributed by atoms with Crippen LogP contribution >= 0.6 is 0 Å². The third-order valence-corrected chi connectivity index (χ3v) is 6.31. The van der Waals surface area contributed by atoms with Gasteiger partial charge in [0, 0.05) is 42.5 Å². The molecule has 1 aliphatic rings. The summed E-state index contributed by atoms with van der Waals surface area (Å²) in [6.07, 6.45) is 0.785. The van der Waals surface area contributed by atoms with E-state index in [1.165, 1.54) is 6.92 Å². The van der Waals surface area contributed by atoms with Crippen LogP contribution in [0.4, 0.5) is 4.79 Å². The molecule has 1 saturated heterocycles. The molecule has 1 fully saturated rings. The van der Waals surface area contributed by atoms with E-state index in [-0.39, 0.29) is 25.4 Å². The van der Waals surface area contributed by atoms with E-state index in [1.54, 1.807) is 25.7 Å². The number of nitrogens with zero attached hydrogens (tertiary/aromatic N) is 1. The molecule has 0 aliphatic carbocycles. The second-order valence-corrected chi connectivity index (χ2v) is 10.4. The summed E-state index contributed by atoms with van der Waals surface area (Å²) in [5, 5.41) is 24.9. The van der Waals surface area contributed by atoms with Crippen molar-refractivity contribution >= 4 is 34.8 Å². The zero-order valence-corrected chi connectivity index (χ0v) is 21.6. The van der Waals surface area contributed by atoms with Gasteiger partial charge in [-0.05, 0) is 52.2 Å². The number of para-hydroxylation sites is 1. The van der Waals surface area contributed by atoms with Crippen molar-refractivity contribution in [3.63, 3.8) is 0 Å². The topological polar surface area (TPSA) is 161 Å². The van der Waals surface area contributed by atoms with Crippen LogP contribution in [0, 0.1) is 5.92 Å².